The van der Waals surface area contributed by atoms with Crippen LogP contribution in [0.1, 0.15) is 40.5 Å². The number of fused-ring (bicyclic) bond motifs is 1. The molecule has 0 bridgehead atoms. The van der Waals surface area contributed by atoms with Gasteiger partial charge in [-0.25, -0.2) is 4.39 Å². The fourth-order valence-corrected chi connectivity index (χ4v) is 3.87. The molecular weight excluding hydrogens is 391 g/mol. The number of piperazine rings is 1. The predicted octanol–water partition coefficient (Wildman–Crippen LogP) is 0.447. The molecule has 1 aromatic rings. The quantitative estimate of drug-likeness (QED) is 0.687. The zero-order valence-corrected chi connectivity index (χ0v) is 16.0. The highest BCUT2D eigenvalue weighted by Crippen LogP contribution is 2.32. The molecule has 4 rings (SSSR count). The van der Waals surface area contributed by atoms with Crippen molar-refractivity contribution in [2.45, 2.75) is 31.8 Å². The predicted molar refractivity (Wildman–Crippen MR) is 100.0 cm³/mol. The van der Waals surface area contributed by atoms with Crippen LogP contribution >= 0.6 is 12.4 Å². The van der Waals surface area contributed by atoms with Crippen LogP contribution in [0, 0.1) is 5.82 Å². The van der Waals surface area contributed by atoms with E-state index < -0.39 is 35.5 Å². The van der Waals surface area contributed by atoms with Crippen molar-refractivity contribution in [2.75, 3.05) is 24.5 Å². The van der Waals surface area contributed by atoms with Crippen molar-refractivity contribution < 1.29 is 23.6 Å². The normalized spacial score (nSPS) is 24.8. The number of hydrogen-bond donors (Lipinski definition) is 2. The molecule has 2 saturated heterocycles. The molecule has 2 fully saturated rings. The van der Waals surface area contributed by atoms with Crippen molar-refractivity contribution in [1.82, 2.24) is 15.5 Å². The lowest BCUT2D eigenvalue weighted by molar-refractivity contribution is -0.136. The van der Waals surface area contributed by atoms with Crippen molar-refractivity contribution >= 4 is 41.7 Å². The molecule has 0 aromatic heterocycles. The maximum absolute atomic E-state index is 14.7. The minimum atomic E-state index is -1.05. The SMILES string of the molecule is C[C@H]1CN(c2cc3c(cc2F)C(=O)N(C2CCC(=O)NC2=O)C3=O)CCN1.Cl. The Morgan fingerprint density at radius 1 is 1.11 bits per heavy atom. The van der Waals surface area contributed by atoms with Crippen LogP contribution in [0.4, 0.5) is 10.1 Å². The van der Waals surface area contributed by atoms with Gasteiger partial charge in [0, 0.05) is 32.1 Å². The lowest BCUT2D eigenvalue weighted by Crippen LogP contribution is -2.54. The van der Waals surface area contributed by atoms with Gasteiger partial charge in [0.25, 0.3) is 11.8 Å². The molecule has 28 heavy (non-hydrogen) atoms. The molecule has 0 saturated carbocycles. The number of hydrogen-bond acceptors (Lipinski definition) is 6. The summed E-state index contributed by atoms with van der Waals surface area (Å²) in [5.41, 5.74) is 0.315. The summed E-state index contributed by atoms with van der Waals surface area (Å²) in [6, 6.07) is 1.59. The summed E-state index contributed by atoms with van der Waals surface area (Å²) < 4.78 is 14.7. The Morgan fingerprint density at radius 2 is 1.79 bits per heavy atom. The van der Waals surface area contributed by atoms with Gasteiger partial charge in [0.2, 0.25) is 11.8 Å². The second kappa shape index (κ2) is 7.48. The van der Waals surface area contributed by atoms with E-state index in [0.717, 1.165) is 11.0 Å². The van der Waals surface area contributed by atoms with Crippen molar-refractivity contribution in [1.29, 1.82) is 0 Å². The van der Waals surface area contributed by atoms with Crippen molar-refractivity contribution in [3.05, 3.63) is 29.1 Å². The highest BCUT2D eigenvalue weighted by molar-refractivity contribution is 6.23. The van der Waals surface area contributed by atoms with Crippen LogP contribution in [-0.2, 0) is 9.59 Å². The molecule has 2 N–H and O–H groups in total. The molecule has 0 spiro atoms. The van der Waals surface area contributed by atoms with Gasteiger partial charge in [-0.15, -0.1) is 12.4 Å². The van der Waals surface area contributed by atoms with E-state index in [9.17, 15) is 23.6 Å². The number of rotatable bonds is 2. The Kier molecular flexibility index (Phi) is 5.40. The molecule has 8 nitrogen and oxygen atoms in total. The van der Waals surface area contributed by atoms with Crippen molar-refractivity contribution in [3.63, 3.8) is 0 Å². The van der Waals surface area contributed by atoms with Gasteiger partial charge in [-0.1, -0.05) is 0 Å². The minimum Gasteiger partial charge on any atom is -0.366 e. The first-order chi connectivity index (χ1) is 12.9. The average Bonchev–Trinajstić information content (AvgIpc) is 2.85. The summed E-state index contributed by atoms with van der Waals surface area (Å²) in [6.07, 6.45) is 0.114. The van der Waals surface area contributed by atoms with E-state index in [1.54, 1.807) is 0 Å². The first kappa shape index (κ1) is 20.2. The second-order valence-corrected chi connectivity index (χ2v) is 7.10. The maximum Gasteiger partial charge on any atom is 0.262 e. The molecule has 0 radical (unpaired) electrons. The van der Waals surface area contributed by atoms with Crippen LogP contribution in [0.5, 0.6) is 0 Å². The number of amides is 4. The Bertz CT molecular complexity index is 877. The number of carbonyl (C=O) groups is 4. The lowest BCUT2D eigenvalue weighted by Gasteiger charge is -2.34. The topological polar surface area (TPSA) is 98.8 Å². The van der Waals surface area contributed by atoms with Crippen LogP contribution in [0.25, 0.3) is 0 Å². The van der Waals surface area contributed by atoms with Gasteiger partial charge in [0.1, 0.15) is 11.9 Å². The molecule has 3 aliphatic rings. The van der Waals surface area contributed by atoms with Crippen LogP contribution in [0.2, 0.25) is 0 Å². The highest BCUT2D eigenvalue weighted by atomic mass is 35.5. The van der Waals surface area contributed by atoms with Gasteiger partial charge < -0.3 is 10.2 Å². The number of piperidine rings is 1. The van der Waals surface area contributed by atoms with E-state index in [4.69, 9.17) is 0 Å². The number of carbonyl (C=O) groups excluding carboxylic acids is 4. The van der Waals surface area contributed by atoms with E-state index in [0.29, 0.717) is 19.6 Å². The summed E-state index contributed by atoms with van der Waals surface area (Å²) >= 11 is 0. The Morgan fingerprint density at radius 3 is 2.43 bits per heavy atom. The maximum atomic E-state index is 14.7. The van der Waals surface area contributed by atoms with Crippen LogP contribution in [-0.4, -0.2) is 60.2 Å². The average molecular weight is 411 g/mol. The molecule has 150 valence electrons. The number of benzene rings is 1. The number of nitrogens with one attached hydrogen (secondary N) is 2. The number of halogens is 2. The molecule has 3 heterocycles. The smallest absolute Gasteiger partial charge is 0.262 e. The standard InChI is InChI=1S/C18H19FN4O4.ClH/c1-9-8-22(5-4-20-9)14-7-11-10(6-12(14)19)17(26)23(18(11)27)13-2-3-15(24)21-16(13)25;/h6-7,9,13,20H,2-5,8H2,1H3,(H,21,24,25);1H/t9-,13?;/m0./s1. The molecule has 1 aromatic carbocycles. The monoisotopic (exact) mass is 410 g/mol. The van der Waals surface area contributed by atoms with E-state index in [1.165, 1.54) is 6.07 Å². The minimum absolute atomic E-state index is 0. The molecule has 4 amide bonds. The number of anilines is 1. The largest absolute Gasteiger partial charge is 0.366 e. The Balaban J connectivity index is 0.00000225. The molecule has 3 aliphatic heterocycles. The summed E-state index contributed by atoms with van der Waals surface area (Å²) in [5.74, 6) is -3.03. The molecule has 0 aliphatic carbocycles. The van der Waals surface area contributed by atoms with E-state index >= 15 is 0 Å². The second-order valence-electron chi connectivity index (χ2n) is 7.10. The fraction of sp³-hybridized carbons (Fsp3) is 0.444. The van der Waals surface area contributed by atoms with E-state index in [-0.39, 0.29) is 48.1 Å². The van der Waals surface area contributed by atoms with Gasteiger partial charge in [0.15, 0.2) is 0 Å². The summed E-state index contributed by atoms with van der Waals surface area (Å²) in [6.45, 7) is 3.83. The highest BCUT2D eigenvalue weighted by Gasteiger charge is 2.45. The first-order valence-corrected chi connectivity index (χ1v) is 8.90. The summed E-state index contributed by atoms with van der Waals surface area (Å²) in [5, 5.41) is 5.40. The fourth-order valence-electron chi connectivity index (χ4n) is 3.87. The van der Waals surface area contributed by atoms with Crippen LogP contribution in [0.15, 0.2) is 12.1 Å². The first-order valence-electron chi connectivity index (χ1n) is 8.90. The molecular formula is C18H20ClFN4O4. The van der Waals surface area contributed by atoms with Gasteiger partial charge in [-0.3, -0.25) is 29.4 Å². The zero-order chi connectivity index (χ0) is 19.3. The third-order valence-corrected chi connectivity index (χ3v) is 5.22. The van der Waals surface area contributed by atoms with Crippen LogP contribution in [0.3, 0.4) is 0 Å². The van der Waals surface area contributed by atoms with Gasteiger partial charge in [-0.2, -0.15) is 0 Å². The summed E-state index contributed by atoms with van der Waals surface area (Å²) in [7, 11) is 0. The van der Waals surface area contributed by atoms with Crippen LogP contribution < -0.4 is 15.5 Å². The third kappa shape index (κ3) is 3.24. The van der Waals surface area contributed by atoms with Crippen molar-refractivity contribution in [2.24, 2.45) is 0 Å². The van der Waals surface area contributed by atoms with Gasteiger partial charge in [-0.05, 0) is 25.5 Å². The van der Waals surface area contributed by atoms with Gasteiger partial charge >= 0.3 is 0 Å². The zero-order valence-electron chi connectivity index (χ0n) is 15.2. The van der Waals surface area contributed by atoms with Gasteiger partial charge in [0.05, 0.1) is 16.8 Å². The number of nitrogens with zero attached hydrogens (tertiary/aromatic N) is 2. The van der Waals surface area contributed by atoms with E-state index in [1.807, 2.05) is 11.8 Å². The number of imide groups is 2. The summed E-state index contributed by atoms with van der Waals surface area (Å²) in [4.78, 5) is 51.6. The molecule has 1 unspecified atom stereocenters. The Hall–Kier alpha value is -2.52. The third-order valence-electron chi connectivity index (χ3n) is 5.22. The van der Waals surface area contributed by atoms with E-state index in [2.05, 4.69) is 10.6 Å². The molecule has 2 atom stereocenters. The molecule has 10 heteroatoms. The Labute approximate surface area is 166 Å². The van der Waals surface area contributed by atoms with Crippen molar-refractivity contribution in [3.8, 4) is 0 Å². The lowest BCUT2D eigenvalue weighted by atomic mass is 10.0.